The van der Waals surface area contributed by atoms with Gasteiger partial charge < -0.3 is 18.9 Å². The predicted molar refractivity (Wildman–Crippen MR) is 242 cm³/mol. The number of allylic oxidation sites excluding steroid dienone is 11. The Kier molecular flexibility index (Phi) is 38.1. The second-order valence-electron chi connectivity index (χ2n) is 16.1. The number of quaternary nitrogens is 1. The third-order valence-electron chi connectivity index (χ3n) is 9.37. The Morgan fingerprint density at radius 3 is 1.52 bits per heavy atom. The fourth-order valence-electron chi connectivity index (χ4n) is 5.84. The average Bonchev–Trinajstić information content (AvgIpc) is 3.17. The van der Waals surface area contributed by atoms with Crippen LogP contribution in [0.4, 0.5) is 0 Å². The maximum absolute atomic E-state index is 12.7. The van der Waals surface area contributed by atoms with Crippen molar-refractivity contribution in [2.75, 3.05) is 47.5 Å². The summed E-state index contributed by atoms with van der Waals surface area (Å²) in [6, 6.07) is 0. The molecule has 58 heavy (non-hydrogen) atoms. The van der Waals surface area contributed by atoms with Crippen molar-refractivity contribution < 1.29 is 42.1 Å². The van der Waals surface area contributed by atoms with Crippen LogP contribution < -0.4 is 0 Å². The van der Waals surface area contributed by atoms with Crippen LogP contribution >= 0.6 is 7.82 Å². The van der Waals surface area contributed by atoms with Gasteiger partial charge in [0.05, 0.1) is 27.7 Å². The standard InChI is InChI=1S/C48H84NO8P/c1-6-8-10-12-14-16-18-20-22-23-24-25-27-29-31-33-35-37-39-41-48(51)57-46(45-56-58(52,53)55-43-42-49(3,4)5)44-54-47(50)40-38-36-34-32-30-28-26-21-19-17-15-13-11-9-7-2/h7-8,10,14,16,20,22,24-25,29,31,46H,2,6,9,11-13,15,17-19,21,23,26-28,30,32-45H2,1,3-5H3/p+1/b10-8+,16-14+,22-20+,25-24+,31-29+/t46-/m1/s1. The number of rotatable bonds is 41. The van der Waals surface area contributed by atoms with Crippen molar-refractivity contribution in [3.8, 4) is 0 Å². The third kappa shape index (κ3) is 43.0. The predicted octanol–water partition coefficient (Wildman–Crippen LogP) is 13.0. The molecule has 2 atom stereocenters. The first-order valence-corrected chi connectivity index (χ1v) is 24.1. The molecule has 0 aromatic rings. The number of hydrogen-bond donors (Lipinski definition) is 1. The summed E-state index contributed by atoms with van der Waals surface area (Å²) in [5, 5.41) is 0. The molecule has 0 radical (unpaired) electrons. The number of ether oxygens (including phenoxy) is 2. The first-order chi connectivity index (χ1) is 28.0. The largest absolute Gasteiger partial charge is 0.472 e. The number of hydrogen-bond acceptors (Lipinski definition) is 7. The lowest BCUT2D eigenvalue weighted by atomic mass is 10.0. The zero-order chi connectivity index (χ0) is 42.8. The fourth-order valence-corrected chi connectivity index (χ4v) is 6.58. The van der Waals surface area contributed by atoms with Gasteiger partial charge >= 0.3 is 19.8 Å². The molecule has 0 heterocycles. The van der Waals surface area contributed by atoms with Gasteiger partial charge in [0.15, 0.2) is 6.10 Å². The summed E-state index contributed by atoms with van der Waals surface area (Å²) in [7, 11) is 1.44. The summed E-state index contributed by atoms with van der Waals surface area (Å²) in [6.45, 7) is 5.78. The zero-order valence-corrected chi connectivity index (χ0v) is 38.2. The van der Waals surface area contributed by atoms with Crippen LogP contribution in [0.15, 0.2) is 73.4 Å². The van der Waals surface area contributed by atoms with E-state index in [2.05, 4.69) is 74.3 Å². The molecule has 0 aliphatic heterocycles. The number of unbranched alkanes of at least 4 members (excludes halogenated alkanes) is 16. The normalized spacial score (nSPS) is 14.0. The minimum absolute atomic E-state index is 0.0211. The van der Waals surface area contributed by atoms with E-state index < -0.39 is 26.5 Å². The zero-order valence-electron chi connectivity index (χ0n) is 37.3. The quantitative estimate of drug-likeness (QED) is 0.0213. The monoisotopic (exact) mass is 835 g/mol. The van der Waals surface area contributed by atoms with Crippen molar-refractivity contribution in [1.29, 1.82) is 0 Å². The highest BCUT2D eigenvalue weighted by Gasteiger charge is 2.27. The lowest BCUT2D eigenvalue weighted by Gasteiger charge is -2.24. The van der Waals surface area contributed by atoms with Gasteiger partial charge in [-0.05, 0) is 70.6 Å². The molecule has 0 aliphatic carbocycles. The van der Waals surface area contributed by atoms with Crippen molar-refractivity contribution in [3.05, 3.63) is 73.4 Å². The lowest BCUT2D eigenvalue weighted by Crippen LogP contribution is -2.37. The molecule has 0 saturated heterocycles. The van der Waals surface area contributed by atoms with E-state index in [4.69, 9.17) is 18.5 Å². The molecule has 1 N–H and O–H groups in total. The van der Waals surface area contributed by atoms with Gasteiger partial charge in [-0.2, -0.15) is 0 Å². The summed E-state index contributed by atoms with van der Waals surface area (Å²) in [4.78, 5) is 35.4. The first kappa shape index (κ1) is 55.5. The van der Waals surface area contributed by atoms with Crippen molar-refractivity contribution >= 4 is 19.8 Å². The molecule has 0 amide bonds. The van der Waals surface area contributed by atoms with E-state index in [0.717, 1.165) is 77.0 Å². The Balaban J connectivity index is 4.41. The van der Waals surface area contributed by atoms with Gasteiger partial charge in [0.1, 0.15) is 19.8 Å². The minimum Gasteiger partial charge on any atom is -0.462 e. The molecular formula is C48H85NO8P+. The highest BCUT2D eigenvalue weighted by molar-refractivity contribution is 7.47. The molecular weight excluding hydrogens is 750 g/mol. The van der Waals surface area contributed by atoms with Gasteiger partial charge in [-0.3, -0.25) is 18.6 Å². The fraction of sp³-hybridized carbons (Fsp3) is 0.708. The Hall–Kier alpha value is -2.55. The smallest absolute Gasteiger partial charge is 0.462 e. The van der Waals surface area contributed by atoms with Gasteiger partial charge in [-0.1, -0.05) is 151 Å². The van der Waals surface area contributed by atoms with E-state index >= 15 is 0 Å². The van der Waals surface area contributed by atoms with Crippen molar-refractivity contribution in [3.63, 3.8) is 0 Å². The Bertz CT molecular complexity index is 1200. The van der Waals surface area contributed by atoms with E-state index in [1.54, 1.807) is 0 Å². The van der Waals surface area contributed by atoms with E-state index in [9.17, 15) is 19.0 Å². The van der Waals surface area contributed by atoms with Crippen molar-refractivity contribution in [2.24, 2.45) is 0 Å². The highest BCUT2D eigenvalue weighted by Crippen LogP contribution is 2.43. The maximum Gasteiger partial charge on any atom is 0.472 e. The Morgan fingerprint density at radius 2 is 1.02 bits per heavy atom. The Labute approximate surface area is 355 Å². The second-order valence-corrected chi connectivity index (χ2v) is 17.6. The highest BCUT2D eigenvalue weighted by atomic mass is 31.2. The second kappa shape index (κ2) is 39.9. The first-order valence-electron chi connectivity index (χ1n) is 22.6. The van der Waals surface area contributed by atoms with Crippen LogP contribution in [0.1, 0.15) is 167 Å². The number of carbonyl (C=O) groups is 2. The number of phosphoric ester groups is 1. The summed E-state index contributed by atoms with van der Waals surface area (Å²) in [5.41, 5.74) is 0. The maximum atomic E-state index is 12.7. The van der Waals surface area contributed by atoms with Crippen LogP contribution in [0.3, 0.4) is 0 Å². The van der Waals surface area contributed by atoms with Gasteiger partial charge in [-0.15, -0.1) is 6.58 Å². The summed E-state index contributed by atoms with van der Waals surface area (Å²) < 4.78 is 34.3. The number of carbonyl (C=O) groups excluding carboxylic acids is 2. The van der Waals surface area contributed by atoms with Crippen LogP contribution in [-0.4, -0.2) is 74.9 Å². The Morgan fingerprint density at radius 1 is 0.586 bits per heavy atom. The molecule has 0 aromatic heterocycles. The molecule has 0 aromatic carbocycles. The minimum atomic E-state index is -4.39. The van der Waals surface area contributed by atoms with Gasteiger partial charge in [-0.25, -0.2) is 4.57 Å². The molecule has 1 unspecified atom stereocenters. The number of esters is 2. The molecule has 0 bridgehead atoms. The van der Waals surface area contributed by atoms with Crippen molar-refractivity contribution in [1.82, 2.24) is 0 Å². The molecule has 334 valence electrons. The topological polar surface area (TPSA) is 108 Å². The van der Waals surface area contributed by atoms with Crippen LogP contribution in [0.5, 0.6) is 0 Å². The summed E-state index contributed by atoms with van der Waals surface area (Å²) in [5.74, 6) is -0.843. The van der Waals surface area contributed by atoms with E-state index in [1.165, 1.54) is 64.2 Å². The summed E-state index contributed by atoms with van der Waals surface area (Å²) >= 11 is 0. The number of phosphoric acid groups is 1. The van der Waals surface area contributed by atoms with Gasteiger partial charge in [0, 0.05) is 12.8 Å². The third-order valence-corrected chi connectivity index (χ3v) is 10.4. The molecule has 9 nitrogen and oxygen atoms in total. The molecule has 0 fully saturated rings. The van der Waals surface area contributed by atoms with Gasteiger partial charge in [0.25, 0.3) is 0 Å². The number of likely N-dealkylation sites (N-methyl/N-ethyl adjacent to an activating group) is 1. The number of nitrogens with zero attached hydrogens (tertiary/aromatic N) is 1. The SMILES string of the molecule is C=CCCCCCCCCCCCCCCCC(=O)OC[C@H](COP(=O)(O)OCC[N+](C)(C)C)OC(=O)CCCCC/C=C/C/C=C/C/C=C/C/C=C/C/C=C/CC. The van der Waals surface area contributed by atoms with Crippen molar-refractivity contribution in [2.45, 2.75) is 174 Å². The van der Waals surface area contributed by atoms with Crippen LogP contribution in [-0.2, 0) is 32.7 Å². The lowest BCUT2D eigenvalue weighted by molar-refractivity contribution is -0.870. The molecule has 0 saturated carbocycles. The van der Waals surface area contributed by atoms with Gasteiger partial charge in [0.2, 0.25) is 0 Å². The molecule has 0 spiro atoms. The van der Waals surface area contributed by atoms with E-state index in [-0.39, 0.29) is 32.0 Å². The molecule has 0 rings (SSSR count). The van der Waals surface area contributed by atoms with Crippen LogP contribution in [0.2, 0.25) is 0 Å². The average molecular weight is 835 g/mol. The van der Waals surface area contributed by atoms with E-state index in [1.807, 2.05) is 27.2 Å². The molecule has 0 aliphatic rings. The van der Waals surface area contributed by atoms with E-state index in [0.29, 0.717) is 17.4 Å². The van der Waals surface area contributed by atoms with Crippen LogP contribution in [0, 0.1) is 0 Å². The van der Waals surface area contributed by atoms with Crippen LogP contribution in [0.25, 0.3) is 0 Å². The molecule has 10 heteroatoms. The summed E-state index contributed by atoms with van der Waals surface area (Å²) in [6.07, 6.45) is 48.4.